The highest BCUT2D eigenvalue weighted by Crippen LogP contribution is 2.33. The molecule has 0 saturated heterocycles. The predicted octanol–water partition coefficient (Wildman–Crippen LogP) is 5.61. The van der Waals surface area contributed by atoms with E-state index < -0.39 is 10.8 Å². The molecule has 0 spiro atoms. The van der Waals surface area contributed by atoms with E-state index in [1.165, 1.54) is 6.07 Å². The van der Waals surface area contributed by atoms with E-state index in [0.717, 1.165) is 32.9 Å². The molecule has 2 heterocycles. The van der Waals surface area contributed by atoms with Crippen molar-refractivity contribution in [2.75, 3.05) is 13.4 Å². The second-order valence-corrected chi connectivity index (χ2v) is 9.39. The Morgan fingerprint density at radius 3 is 2.39 bits per heavy atom. The molecule has 7 heteroatoms. The molecule has 3 aromatic carbocycles. The van der Waals surface area contributed by atoms with Crippen LogP contribution in [0, 0.1) is 0 Å². The molecule has 0 bridgehead atoms. The van der Waals surface area contributed by atoms with Crippen LogP contribution < -0.4 is 10.3 Å². The lowest BCUT2D eigenvalue weighted by Crippen LogP contribution is -2.17. The number of aromatic nitrogens is 2. The Morgan fingerprint density at radius 1 is 0.939 bits per heavy atom. The van der Waals surface area contributed by atoms with Gasteiger partial charge in [0.05, 0.1) is 23.2 Å². The van der Waals surface area contributed by atoms with Gasteiger partial charge < -0.3 is 4.74 Å². The van der Waals surface area contributed by atoms with Crippen LogP contribution in [-0.4, -0.2) is 27.1 Å². The minimum absolute atomic E-state index is 0.154. The van der Waals surface area contributed by atoms with Gasteiger partial charge in [0, 0.05) is 50.7 Å². The molecule has 0 amide bonds. The maximum atomic E-state index is 13.0. The Hall–Kier alpha value is -3.48. The van der Waals surface area contributed by atoms with Crippen LogP contribution in [0.3, 0.4) is 0 Å². The molecule has 33 heavy (non-hydrogen) atoms. The van der Waals surface area contributed by atoms with E-state index in [1.54, 1.807) is 48.4 Å². The number of pyridine rings is 2. The highest BCUT2D eigenvalue weighted by atomic mass is 35.5. The SMILES string of the molecule is COc1cc(-c2ccc3ncc4ccc(=O)n(-c5ccc(S(C)=O)cc5)c4c3c2)ccc1Cl. The van der Waals surface area contributed by atoms with Gasteiger partial charge in [-0.25, -0.2) is 0 Å². The van der Waals surface area contributed by atoms with Crippen molar-refractivity contribution in [2.24, 2.45) is 0 Å². The van der Waals surface area contributed by atoms with Gasteiger partial charge >= 0.3 is 0 Å². The van der Waals surface area contributed by atoms with Gasteiger partial charge in [0.25, 0.3) is 5.56 Å². The summed E-state index contributed by atoms with van der Waals surface area (Å²) in [6, 6.07) is 22.1. The van der Waals surface area contributed by atoms with Gasteiger partial charge in [-0.3, -0.25) is 18.6 Å². The maximum Gasteiger partial charge on any atom is 0.255 e. The summed E-state index contributed by atoms with van der Waals surface area (Å²) in [5, 5.41) is 2.23. The number of nitrogens with zero attached hydrogens (tertiary/aromatic N) is 2. The number of ether oxygens (including phenoxy) is 1. The Kier molecular flexibility index (Phi) is 5.48. The van der Waals surface area contributed by atoms with Crippen LogP contribution >= 0.6 is 11.6 Å². The molecule has 0 saturated carbocycles. The van der Waals surface area contributed by atoms with E-state index in [2.05, 4.69) is 4.98 Å². The first kappa shape index (κ1) is 21.4. The van der Waals surface area contributed by atoms with Crippen molar-refractivity contribution in [1.29, 1.82) is 0 Å². The molecular weight excluding hydrogens is 456 g/mol. The van der Waals surface area contributed by atoms with Gasteiger partial charge in [-0.05, 0) is 65.7 Å². The number of methoxy groups -OCH3 is 1. The zero-order chi connectivity index (χ0) is 23.1. The van der Waals surface area contributed by atoms with E-state index in [0.29, 0.717) is 21.4 Å². The average molecular weight is 475 g/mol. The lowest BCUT2D eigenvalue weighted by atomic mass is 10.0. The first-order chi connectivity index (χ1) is 16.0. The first-order valence-electron chi connectivity index (χ1n) is 10.2. The number of benzene rings is 3. The lowest BCUT2D eigenvalue weighted by molar-refractivity contribution is 0.415. The van der Waals surface area contributed by atoms with Gasteiger partial charge in [-0.15, -0.1) is 0 Å². The van der Waals surface area contributed by atoms with E-state index in [1.807, 2.05) is 42.5 Å². The van der Waals surface area contributed by atoms with Crippen LogP contribution in [0.2, 0.25) is 5.02 Å². The van der Waals surface area contributed by atoms with Crippen molar-refractivity contribution in [1.82, 2.24) is 9.55 Å². The summed E-state index contributed by atoms with van der Waals surface area (Å²) < 4.78 is 18.9. The Labute approximate surface area is 197 Å². The van der Waals surface area contributed by atoms with Gasteiger partial charge in [-0.2, -0.15) is 0 Å². The van der Waals surface area contributed by atoms with Crippen LogP contribution in [0.25, 0.3) is 38.6 Å². The molecule has 164 valence electrons. The largest absolute Gasteiger partial charge is 0.495 e. The number of hydrogen-bond acceptors (Lipinski definition) is 4. The van der Waals surface area contributed by atoms with Gasteiger partial charge in [0.15, 0.2) is 0 Å². The van der Waals surface area contributed by atoms with Crippen molar-refractivity contribution in [3.05, 3.63) is 94.4 Å². The maximum absolute atomic E-state index is 13.0. The third-order valence-corrected chi connectivity index (χ3v) is 6.88. The van der Waals surface area contributed by atoms with Crippen LogP contribution in [0.1, 0.15) is 0 Å². The molecule has 5 aromatic rings. The summed E-state index contributed by atoms with van der Waals surface area (Å²) in [7, 11) is 0.490. The van der Waals surface area contributed by atoms with E-state index in [-0.39, 0.29) is 5.56 Å². The predicted molar refractivity (Wildman–Crippen MR) is 134 cm³/mol. The van der Waals surface area contributed by atoms with E-state index in [4.69, 9.17) is 16.3 Å². The third-order valence-electron chi connectivity index (χ3n) is 5.63. The Balaban J connectivity index is 1.79. The molecule has 0 aliphatic carbocycles. The summed E-state index contributed by atoms with van der Waals surface area (Å²) >= 11 is 6.20. The van der Waals surface area contributed by atoms with Crippen molar-refractivity contribution < 1.29 is 8.95 Å². The zero-order valence-corrected chi connectivity index (χ0v) is 19.5. The van der Waals surface area contributed by atoms with Gasteiger partial charge in [-0.1, -0.05) is 23.7 Å². The number of halogens is 1. The van der Waals surface area contributed by atoms with E-state index in [9.17, 15) is 9.00 Å². The monoisotopic (exact) mass is 474 g/mol. The Bertz CT molecular complexity index is 1610. The standard InChI is InChI=1S/C26H19ClN2O3S/c1-32-24-14-17(3-10-22(24)27)16-4-11-23-21(13-16)26-18(15-28-23)5-12-25(30)29(26)19-6-8-20(9-7-19)33(2)31/h3-15H,1-2H3. The molecular formula is C26H19ClN2O3S. The molecule has 0 radical (unpaired) electrons. The molecule has 5 rings (SSSR count). The Morgan fingerprint density at radius 2 is 1.67 bits per heavy atom. The van der Waals surface area contributed by atoms with Crippen molar-refractivity contribution in [3.63, 3.8) is 0 Å². The highest BCUT2D eigenvalue weighted by molar-refractivity contribution is 7.84. The van der Waals surface area contributed by atoms with Crippen LogP contribution in [-0.2, 0) is 10.8 Å². The zero-order valence-electron chi connectivity index (χ0n) is 17.9. The van der Waals surface area contributed by atoms with Crippen molar-refractivity contribution >= 4 is 44.2 Å². The molecule has 1 unspecified atom stereocenters. The highest BCUT2D eigenvalue weighted by Gasteiger charge is 2.13. The van der Waals surface area contributed by atoms with Gasteiger partial charge in [0.1, 0.15) is 5.75 Å². The normalized spacial score (nSPS) is 12.2. The molecule has 0 N–H and O–H groups in total. The molecule has 0 aliphatic heterocycles. The molecule has 2 aromatic heterocycles. The minimum Gasteiger partial charge on any atom is -0.495 e. The fourth-order valence-electron chi connectivity index (χ4n) is 3.97. The summed E-state index contributed by atoms with van der Waals surface area (Å²) in [6.07, 6.45) is 3.40. The smallest absolute Gasteiger partial charge is 0.255 e. The summed E-state index contributed by atoms with van der Waals surface area (Å²) in [6.45, 7) is 0. The summed E-state index contributed by atoms with van der Waals surface area (Å²) in [4.78, 5) is 18.3. The van der Waals surface area contributed by atoms with Crippen molar-refractivity contribution in [2.45, 2.75) is 4.90 Å². The molecule has 0 fully saturated rings. The second-order valence-electron chi connectivity index (χ2n) is 7.60. The molecule has 1 atom stereocenters. The average Bonchev–Trinajstić information content (AvgIpc) is 2.84. The molecule has 5 nitrogen and oxygen atoms in total. The molecule has 0 aliphatic rings. The summed E-state index contributed by atoms with van der Waals surface area (Å²) in [5.74, 6) is 0.593. The first-order valence-corrected chi connectivity index (χ1v) is 12.1. The van der Waals surface area contributed by atoms with Crippen molar-refractivity contribution in [3.8, 4) is 22.6 Å². The minimum atomic E-state index is -1.09. The summed E-state index contributed by atoms with van der Waals surface area (Å²) in [5.41, 5.74) is 3.98. The fraction of sp³-hybridized carbons (Fsp3) is 0.0769. The lowest BCUT2D eigenvalue weighted by Gasteiger charge is -2.14. The van der Waals surface area contributed by atoms with Crippen LogP contribution in [0.5, 0.6) is 5.75 Å². The van der Waals surface area contributed by atoms with E-state index >= 15 is 0 Å². The number of hydrogen-bond donors (Lipinski definition) is 0. The van der Waals surface area contributed by atoms with Crippen LogP contribution in [0.4, 0.5) is 0 Å². The topological polar surface area (TPSA) is 61.2 Å². The second kappa shape index (κ2) is 8.46. The number of rotatable bonds is 4. The van der Waals surface area contributed by atoms with Gasteiger partial charge in [0.2, 0.25) is 0 Å². The van der Waals surface area contributed by atoms with Crippen LogP contribution in [0.15, 0.2) is 88.7 Å². The third kappa shape index (κ3) is 3.81. The quantitative estimate of drug-likeness (QED) is 0.318. The fourth-order valence-corrected chi connectivity index (χ4v) is 4.69. The number of fused-ring (bicyclic) bond motifs is 3.